The predicted molar refractivity (Wildman–Crippen MR) is 90.1 cm³/mol. The minimum Gasteiger partial charge on any atom is -0.508 e. The van der Waals surface area contributed by atoms with Crippen LogP contribution in [0.2, 0.25) is 0 Å². The van der Waals surface area contributed by atoms with Gasteiger partial charge in [-0.1, -0.05) is 29.5 Å². The van der Waals surface area contributed by atoms with Crippen molar-refractivity contribution in [2.45, 2.75) is 44.8 Å². The number of phenolic OH excluding ortho intramolecular Hbond substituents is 2. The van der Waals surface area contributed by atoms with Crippen molar-refractivity contribution in [3.05, 3.63) is 52.5 Å². The average Bonchev–Trinajstić information content (AvgIpc) is 2.51. The van der Waals surface area contributed by atoms with Crippen molar-refractivity contribution in [1.82, 2.24) is 0 Å². The lowest BCUT2D eigenvalue weighted by molar-refractivity contribution is 0.0343. The first-order valence-corrected chi connectivity index (χ1v) is 7.91. The third kappa shape index (κ3) is 4.68. The zero-order valence-electron chi connectivity index (χ0n) is 13.5. The molecule has 1 aliphatic rings. The highest BCUT2D eigenvalue weighted by molar-refractivity contribution is 5.94. The molecule has 0 bridgehead atoms. The molecule has 0 saturated heterocycles. The number of benzene rings is 1. The minimum absolute atomic E-state index is 0.0391. The Morgan fingerprint density at radius 1 is 1.17 bits per heavy atom. The minimum atomic E-state index is -0.693. The molecule has 0 fully saturated rings. The van der Waals surface area contributed by atoms with E-state index in [1.54, 1.807) is 13.0 Å². The van der Waals surface area contributed by atoms with E-state index in [0.29, 0.717) is 12.0 Å². The van der Waals surface area contributed by atoms with Crippen LogP contribution in [0.15, 0.2) is 41.6 Å². The summed E-state index contributed by atoms with van der Waals surface area (Å²) in [5.74, 6) is -1.25. The number of fused-ring (bicyclic) bond motifs is 1. The Labute approximate surface area is 140 Å². The molecule has 6 heteroatoms. The summed E-state index contributed by atoms with van der Waals surface area (Å²) in [5, 5.41) is 22.8. The maximum Gasteiger partial charge on any atom is 0.342 e. The van der Waals surface area contributed by atoms with E-state index in [0.717, 1.165) is 18.9 Å². The maximum atomic E-state index is 12.4. The van der Waals surface area contributed by atoms with Gasteiger partial charge in [-0.05, 0) is 31.4 Å². The van der Waals surface area contributed by atoms with Crippen LogP contribution < -0.4 is 0 Å². The fourth-order valence-corrected chi connectivity index (χ4v) is 2.57. The van der Waals surface area contributed by atoms with Crippen molar-refractivity contribution in [2.24, 2.45) is 5.18 Å². The second kappa shape index (κ2) is 8.29. The SMILES string of the molecule is CC1CC=CCC/C=C/C(N=O)Cc2cc(O)cc(O)c2C(=O)O1. The normalized spacial score (nSPS) is 23.6. The quantitative estimate of drug-likeness (QED) is 0.465. The zero-order chi connectivity index (χ0) is 17.5. The van der Waals surface area contributed by atoms with Crippen LogP contribution in [0.3, 0.4) is 0 Å². The van der Waals surface area contributed by atoms with Crippen molar-refractivity contribution in [1.29, 1.82) is 0 Å². The maximum absolute atomic E-state index is 12.4. The van der Waals surface area contributed by atoms with E-state index in [2.05, 4.69) is 5.18 Å². The van der Waals surface area contributed by atoms with Gasteiger partial charge in [0.25, 0.3) is 0 Å². The molecule has 1 aromatic carbocycles. The average molecular weight is 331 g/mol. The van der Waals surface area contributed by atoms with E-state index in [1.807, 2.05) is 18.2 Å². The van der Waals surface area contributed by atoms with Gasteiger partial charge in [0.2, 0.25) is 0 Å². The van der Waals surface area contributed by atoms with Gasteiger partial charge < -0.3 is 14.9 Å². The molecule has 1 aromatic rings. The lowest BCUT2D eigenvalue weighted by Gasteiger charge is -2.16. The number of hydrogen-bond donors (Lipinski definition) is 2. The molecular formula is C18H21NO5. The van der Waals surface area contributed by atoms with Crippen molar-refractivity contribution in [3.8, 4) is 11.5 Å². The first-order chi connectivity index (χ1) is 11.5. The van der Waals surface area contributed by atoms with Crippen LogP contribution in [0.4, 0.5) is 0 Å². The topological polar surface area (TPSA) is 96.2 Å². The number of ether oxygens (including phenoxy) is 1. The van der Waals surface area contributed by atoms with Crippen molar-refractivity contribution >= 4 is 5.97 Å². The van der Waals surface area contributed by atoms with E-state index < -0.39 is 12.0 Å². The summed E-state index contributed by atoms with van der Waals surface area (Å²) in [4.78, 5) is 23.5. The van der Waals surface area contributed by atoms with Gasteiger partial charge in [-0.25, -0.2) is 4.79 Å². The Balaban J connectivity index is 2.42. The Hall–Kier alpha value is -2.63. The molecule has 24 heavy (non-hydrogen) atoms. The first kappa shape index (κ1) is 17.7. The van der Waals surface area contributed by atoms with E-state index in [-0.39, 0.29) is 29.6 Å². The number of nitrogens with zero attached hydrogens (tertiary/aromatic N) is 1. The summed E-state index contributed by atoms with van der Waals surface area (Å²) < 4.78 is 5.35. The molecule has 128 valence electrons. The molecule has 0 saturated carbocycles. The number of cyclic esters (lactones) is 1. The molecule has 2 N–H and O–H groups in total. The van der Waals surface area contributed by atoms with Crippen molar-refractivity contribution < 1.29 is 19.7 Å². The number of phenols is 2. The Bertz CT molecular complexity index is 666. The molecule has 0 amide bonds. The summed E-state index contributed by atoms with van der Waals surface area (Å²) in [6.07, 6.45) is 9.37. The predicted octanol–water partition coefficient (Wildman–Crippen LogP) is 3.62. The zero-order valence-corrected chi connectivity index (χ0v) is 13.5. The molecule has 0 aromatic heterocycles. The van der Waals surface area contributed by atoms with Crippen LogP contribution in [0, 0.1) is 4.91 Å². The van der Waals surface area contributed by atoms with Gasteiger partial charge in [0, 0.05) is 18.9 Å². The van der Waals surface area contributed by atoms with Crippen molar-refractivity contribution in [3.63, 3.8) is 0 Å². The number of aromatic hydroxyl groups is 2. The second-order valence-electron chi connectivity index (χ2n) is 5.80. The van der Waals surface area contributed by atoms with Gasteiger partial charge in [0.15, 0.2) is 0 Å². The monoisotopic (exact) mass is 331 g/mol. The van der Waals surface area contributed by atoms with Gasteiger partial charge in [0.1, 0.15) is 29.2 Å². The molecule has 0 aliphatic carbocycles. The van der Waals surface area contributed by atoms with Crippen LogP contribution in [0.1, 0.15) is 42.1 Å². The van der Waals surface area contributed by atoms with Crippen molar-refractivity contribution in [2.75, 3.05) is 0 Å². The van der Waals surface area contributed by atoms with Gasteiger partial charge in [-0.2, -0.15) is 4.91 Å². The number of rotatable bonds is 1. The molecule has 2 unspecified atom stereocenters. The molecule has 1 heterocycles. The van der Waals surface area contributed by atoms with Gasteiger partial charge >= 0.3 is 5.97 Å². The fourth-order valence-electron chi connectivity index (χ4n) is 2.57. The summed E-state index contributed by atoms with van der Waals surface area (Å²) in [7, 11) is 0. The molecule has 2 atom stereocenters. The first-order valence-electron chi connectivity index (χ1n) is 7.91. The Kier molecular flexibility index (Phi) is 6.12. The molecule has 1 aliphatic heterocycles. The third-order valence-corrected chi connectivity index (χ3v) is 3.75. The fraction of sp³-hybridized carbons (Fsp3) is 0.389. The summed E-state index contributed by atoms with van der Waals surface area (Å²) in [6.45, 7) is 1.76. The van der Waals surface area contributed by atoms with E-state index in [1.165, 1.54) is 6.07 Å². The number of nitroso groups, excluding NO2 is 1. The molecule has 2 rings (SSSR count). The Morgan fingerprint density at radius 2 is 1.92 bits per heavy atom. The molecular weight excluding hydrogens is 310 g/mol. The third-order valence-electron chi connectivity index (χ3n) is 3.75. The van der Waals surface area contributed by atoms with Crippen LogP contribution in [-0.4, -0.2) is 28.3 Å². The van der Waals surface area contributed by atoms with Crippen LogP contribution in [-0.2, 0) is 11.2 Å². The lowest BCUT2D eigenvalue weighted by Crippen LogP contribution is -2.17. The van der Waals surface area contributed by atoms with Crippen LogP contribution in [0.25, 0.3) is 0 Å². The standard InChI is InChI=1S/C18H21NO5/c1-12-7-5-3-2-4-6-8-14(19-23)9-13-10-15(20)11-16(21)17(13)18(22)24-12/h3,5-6,8,10-12,14,20-21H,2,4,7,9H2,1H3/b5-3?,8-6+. The molecule has 0 spiro atoms. The highest BCUT2D eigenvalue weighted by Gasteiger charge is 2.23. The molecule has 6 nitrogen and oxygen atoms in total. The van der Waals surface area contributed by atoms with Gasteiger partial charge in [-0.15, -0.1) is 0 Å². The summed E-state index contributed by atoms with van der Waals surface area (Å²) in [5.41, 5.74) is 0.286. The largest absolute Gasteiger partial charge is 0.508 e. The number of carbonyl (C=O) groups excluding carboxylic acids is 1. The molecule has 0 radical (unpaired) electrons. The summed E-state index contributed by atoms with van der Waals surface area (Å²) in [6, 6.07) is 1.73. The van der Waals surface area contributed by atoms with E-state index in [9.17, 15) is 19.9 Å². The van der Waals surface area contributed by atoms with Gasteiger partial charge in [-0.3, -0.25) is 0 Å². The highest BCUT2D eigenvalue weighted by Crippen LogP contribution is 2.30. The second-order valence-corrected chi connectivity index (χ2v) is 5.80. The van der Waals surface area contributed by atoms with Gasteiger partial charge in [0.05, 0.1) is 0 Å². The number of esters is 1. The van der Waals surface area contributed by atoms with E-state index in [4.69, 9.17) is 4.74 Å². The van der Waals surface area contributed by atoms with Crippen LogP contribution >= 0.6 is 0 Å². The number of allylic oxidation sites excluding steroid dienone is 2. The summed E-state index contributed by atoms with van der Waals surface area (Å²) >= 11 is 0. The number of hydrogen-bond acceptors (Lipinski definition) is 6. The smallest absolute Gasteiger partial charge is 0.342 e. The lowest BCUT2D eigenvalue weighted by atomic mass is 9.98. The highest BCUT2D eigenvalue weighted by atomic mass is 16.5. The van der Waals surface area contributed by atoms with E-state index >= 15 is 0 Å². The number of carbonyl (C=O) groups is 1. The Morgan fingerprint density at radius 3 is 2.67 bits per heavy atom. The van der Waals surface area contributed by atoms with Crippen LogP contribution in [0.5, 0.6) is 11.5 Å².